The molecule has 8 heteroatoms. The molecule has 0 fully saturated rings. The molecule has 0 aliphatic carbocycles. The van der Waals surface area contributed by atoms with Crippen molar-refractivity contribution in [2.45, 2.75) is 17.0 Å². The van der Waals surface area contributed by atoms with Crippen LogP contribution in [0.4, 0.5) is 5.69 Å². The molecule has 0 saturated heterocycles. The first-order valence-electron chi connectivity index (χ1n) is 8.33. The fourth-order valence-electron chi connectivity index (χ4n) is 2.73. The summed E-state index contributed by atoms with van der Waals surface area (Å²) in [5, 5.41) is 6.60. The molecular weight excluding hydrogens is 435 g/mol. The highest BCUT2D eigenvalue weighted by Crippen LogP contribution is 2.34. The van der Waals surface area contributed by atoms with Crippen molar-refractivity contribution in [3.05, 3.63) is 74.9 Å². The summed E-state index contributed by atoms with van der Waals surface area (Å²) in [5.74, 6) is 0.487. The van der Waals surface area contributed by atoms with Crippen molar-refractivity contribution in [1.82, 2.24) is 4.98 Å². The van der Waals surface area contributed by atoms with Gasteiger partial charge in [-0.25, -0.2) is 4.98 Å². The lowest BCUT2D eigenvalue weighted by Crippen LogP contribution is -2.13. The van der Waals surface area contributed by atoms with E-state index in [0.717, 1.165) is 21.0 Å². The van der Waals surface area contributed by atoms with Gasteiger partial charge in [-0.15, -0.1) is 11.3 Å². The number of rotatable bonds is 5. The van der Waals surface area contributed by atoms with Crippen molar-refractivity contribution in [2.75, 3.05) is 5.32 Å². The van der Waals surface area contributed by atoms with Gasteiger partial charge in [-0.1, -0.05) is 53.2 Å². The van der Waals surface area contributed by atoms with Gasteiger partial charge < -0.3 is 9.73 Å². The van der Waals surface area contributed by atoms with Gasteiger partial charge in [-0.05, 0) is 31.2 Å². The van der Waals surface area contributed by atoms with Crippen LogP contribution in [-0.4, -0.2) is 10.9 Å². The number of fused-ring (bicyclic) bond motifs is 1. The Kier molecular flexibility index (Phi) is 5.64. The third kappa shape index (κ3) is 4.05. The van der Waals surface area contributed by atoms with Gasteiger partial charge >= 0.3 is 0 Å². The lowest BCUT2D eigenvalue weighted by atomic mass is 10.1. The number of para-hydroxylation sites is 1. The zero-order chi connectivity index (χ0) is 19.7. The van der Waals surface area contributed by atoms with Gasteiger partial charge in [0, 0.05) is 32.8 Å². The number of aromatic nitrogens is 1. The second-order valence-corrected chi connectivity index (χ2v) is 8.95. The van der Waals surface area contributed by atoms with Crippen LogP contribution in [-0.2, 0) is 5.75 Å². The normalized spacial score (nSPS) is 11.1. The quantitative estimate of drug-likeness (QED) is 0.332. The molecule has 2 aromatic carbocycles. The monoisotopic (exact) mass is 448 g/mol. The van der Waals surface area contributed by atoms with Crippen LogP contribution < -0.4 is 5.32 Å². The van der Waals surface area contributed by atoms with Crippen LogP contribution in [0.1, 0.15) is 21.8 Å². The number of amides is 1. The van der Waals surface area contributed by atoms with E-state index >= 15 is 0 Å². The Morgan fingerprint density at radius 2 is 2.07 bits per heavy atom. The summed E-state index contributed by atoms with van der Waals surface area (Å²) in [6, 6.07) is 12.5. The number of carbonyl (C=O) groups is 1. The van der Waals surface area contributed by atoms with Crippen LogP contribution in [0.25, 0.3) is 11.0 Å². The van der Waals surface area contributed by atoms with Gasteiger partial charge in [0.15, 0.2) is 5.76 Å². The lowest BCUT2D eigenvalue weighted by Gasteiger charge is -2.07. The Balaban J connectivity index is 1.66. The highest BCUT2D eigenvalue weighted by Gasteiger charge is 2.21. The Morgan fingerprint density at radius 3 is 2.82 bits per heavy atom. The van der Waals surface area contributed by atoms with Crippen molar-refractivity contribution in [3.63, 3.8) is 0 Å². The second-order valence-electron chi connectivity index (χ2n) is 6.03. The summed E-state index contributed by atoms with van der Waals surface area (Å²) >= 11 is 15.3. The molecule has 0 bridgehead atoms. The fourth-order valence-corrected chi connectivity index (χ4v) is 5.06. The maximum Gasteiger partial charge on any atom is 0.291 e. The number of thioether (sulfide) groups is 1. The van der Waals surface area contributed by atoms with Crippen LogP contribution >= 0.6 is 46.3 Å². The van der Waals surface area contributed by atoms with Crippen molar-refractivity contribution < 1.29 is 9.21 Å². The fraction of sp³-hybridized carbons (Fsp3) is 0.100. The number of hydrogen-bond acceptors (Lipinski definition) is 5. The van der Waals surface area contributed by atoms with Gasteiger partial charge in [0.1, 0.15) is 9.92 Å². The number of benzene rings is 2. The Morgan fingerprint density at radius 1 is 1.25 bits per heavy atom. The predicted octanol–water partition coefficient (Wildman–Crippen LogP) is 7.05. The number of halogens is 2. The van der Waals surface area contributed by atoms with Gasteiger partial charge in [-0.2, -0.15) is 0 Å². The third-order valence-electron chi connectivity index (χ3n) is 4.02. The molecular formula is C20H14Cl2N2O2S2. The van der Waals surface area contributed by atoms with E-state index in [1.807, 2.05) is 36.6 Å². The summed E-state index contributed by atoms with van der Waals surface area (Å²) < 4.78 is 6.83. The molecule has 4 nitrogen and oxygen atoms in total. The van der Waals surface area contributed by atoms with E-state index in [1.54, 1.807) is 41.3 Å². The zero-order valence-electron chi connectivity index (χ0n) is 14.7. The molecule has 1 N–H and O–H groups in total. The number of aryl methyl sites for hydroxylation is 1. The van der Waals surface area contributed by atoms with Crippen LogP contribution in [0.3, 0.4) is 0 Å². The largest absolute Gasteiger partial charge is 0.451 e. The Bertz CT molecular complexity index is 1170. The minimum absolute atomic E-state index is 0.271. The van der Waals surface area contributed by atoms with Crippen molar-refractivity contribution in [1.29, 1.82) is 0 Å². The number of nitrogens with zero attached hydrogens (tertiary/aromatic N) is 1. The first-order chi connectivity index (χ1) is 13.5. The molecule has 0 aliphatic rings. The Hall–Kier alpha value is -1.99. The van der Waals surface area contributed by atoms with Crippen LogP contribution in [0.15, 0.2) is 56.6 Å². The van der Waals surface area contributed by atoms with Crippen LogP contribution in [0.2, 0.25) is 10.0 Å². The third-order valence-corrected chi connectivity index (χ3v) is 6.73. The van der Waals surface area contributed by atoms with E-state index in [9.17, 15) is 4.79 Å². The van der Waals surface area contributed by atoms with E-state index in [2.05, 4.69) is 10.3 Å². The highest BCUT2D eigenvalue weighted by atomic mass is 35.5. The smallest absolute Gasteiger partial charge is 0.291 e. The number of anilines is 1. The molecule has 4 aromatic rings. The van der Waals surface area contributed by atoms with E-state index in [0.29, 0.717) is 27.1 Å². The average molecular weight is 449 g/mol. The van der Waals surface area contributed by atoms with E-state index in [4.69, 9.17) is 27.6 Å². The molecule has 0 aliphatic heterocycles. The van der Waals surface area contributed by atoms with Gasteiger partial charge in [0.05, 0.1) is 10.7 Å². The number of hydrogen-bond donors (Lipinski definition) is 1. The molecule has 0 saturated carbocycles. The lowest BCUT2D eigenvalue weighted by molar-refractivity contribution is 0.0998. The molecule has 4 rings (SSSR count). The number of thiazole rings is 1. The first kappa shape index (κ1) is 19.3. The van der Waals surface area contributed by atoms with E-state index < -0.39 is 0 Å². The Labute approximate surface area is 179 Å². The topological polar surface area (TPSA) is 55.1 Å². The summed E-state index contributed by atoms with van der Waals surface area (Å²) in [6.07, 6.45) is 0. The SMILES string of the molecule is Cc1csc(SCc2c(C(=O)Nc3ccc(Cl)cc3Cl)oc3ccccc23)n1. The molecule has 142 valence electrons. The standard InChI is InChI=1S/C20H14Cl2N2O2S2/c1-11-9-27-20(23-11)28-10-14-13-4-2-3-5-17(13)26-18(14)19(25)24-16-7-6-12(21)8-15(16)22/h2-9H,10H2,1H3,(H,24,25). The molecule has 28 heavy (non-hydrogen) atoms. The van der Waals surface area contributed by atoms with E-state index in [-0.39, 0.29) is 11.7 Å². The van der Waals surface area contributed by atoms with Gasteiger partial charge in [0.25, 0.3) is 5.91 Å². The second kappa shape index (κ2) is 8.17. The molecule has 0 radical (unpaired) electrons. The van der Waals surface area contributed by atoms with Gasteiger partial charge in [-0.3, -0.25) is 4.79 Å². The van der Waals surface area contributed by atoms with Crippen LogP contribution in [0, 0.1) is 6.92 Å². The first-order valence-corrected chi connectivity index (χ1v) is 10.9. The number of carbonyl (C=O) groups excluding carboxylic acids is 1. The minimum Gasteiger partial charge on any atom is -0.451 e. The molecule has 2 heterocycles. The minimum atomic E-state index is -0.355. The molecule has 2 aromatic heterocycles. The molecule has 0 spiro atoms. The summed E-state index contributed by atoms with van der Waals surface area (Å²) in [4.78, 5) is 17.4. The summed E-state index contributed by atoms with van der Waals surface area (Å²) in [5.41, 5.74) is 2.96. The highest BCUT2D eigenvalue weighted by molar-refractivity contribution is 8.00. The molecule has 0 unspecified atom stereocenters. The maximum absolute atomic E-state index is 12.9. The summed E-state index contributed by atoms with van der Waals surface area (Å²) in [7, 11) is 0. The predicted molar refractivity (Wildman–Crippen MR) is 117 cm³/mol. The average Bonchev–Trinajstić information content (AvgIpc) is 3.25. The number of nitrogens with one attached hydrogen (secondary N) is 1. The van der Waals surface area contributed by atoms with Crippen molar-refractivity contribution >= 4 is 68.9 Å². The van der Waals surface area contributed by atoms with Crippen LogP contribution in [0.5, 0.6) is 0 Å². The van der Waals surface area contributed by atoms with Gasteiger partial charge in [0.2, 0.25) is 0 Å². The zero-order valence-corrected chi connectivity index (χ0v) is 17.8. The van der Waals surface area contributed by atoms with Crippen molar-refractivity contribution in [2.24, 2.45) is 0 Å². The van der Waals surface area contributed by atoms with E-state index in [1.165, 1.54) is 0 Å². The van der Waals surface area contributed by atoms with Crippen molar-refractivity contribution in [3.8, 4) is 0 Å². The summed E-state index contributed by atoms with van der Waals surface area (Å²) in [6.45, 7) is 1.96. The molecule has 1 amide bonds. The maximum atomic E-state index is 12.9. The number of furan rings is 1. The molecule has 0 atom stereocenters.